The quantitative estimate of drug-likeness (QED) is 0.798. The Balaban J connectivity index is 1.67. The van der Waals surface area contributed by atoms with Crippen molar-refractivity contribution in [3.05, 3.63) is 29.3 Å². The number of aryl methyl sites for hydroxylation is 1. The molecule has 1 aromatic carbocycles. The molecule has 0 N–H and O–H groups in total. The Hall–Kier alpha value is -0.760. The summed E-state index contributed by atoms with van der Waals surface area (Å²) in [5.41, 5.74) is 3.03. The van der Waals surface area contributed by atoms with Gasteiger partial charge in [0.05, 0.1) is 0 Å². The Bertz CT molecular complexity index is 442. The highest BCUT2D eigenvalue weighted by molar-refractivity contribution is 7.99. The third-order valence-corrected chi connectivity index (χ3v) is 5.36. The van der Waals surface area contributed by atoms with Crippen LogP contribution in [0, 0.1) is 5.92 Å². The smallest absolute Gasteiger partial charge is 0.132 e. The van der Waals surface area contributed by atoms with Gasteiger partial charge in [-0.3, -0.25) is 4.79 Å². The van der Waals surface area contributed by atoms with Crippen molar-refractivity contribution in [3.63, 3.8) is 0 Å². The number of thioether (sulfide) groups is 1. The second-order valence-corrected chi connectivity index (χ2v) is 6.72. The topological polar surface area (TPSA) is 17.1 Å². The fourth-order valence-corrected chi connectivity index (χ4v) is 4.10. The molecule has 1 saturated carbocycles. The van der Waals surface area contributed by atoms with E-state index >= 15 is 0 Å². The molecule has 1 heterocycles. The van der Waals surface area contributed by atoms with Gasteiger partial charge in [0.1, 0.15) is 5.78 Å². The third-order valence-electron chi connectivity index (χ3n) is 4.16. The first-order valence-corrected chi connectivity index (χ1v) is 8.06. The number of hydrogen-bond donors (Lipinski definition) is 0. The van der Waals surface area contributed by atoms with Crippen LogP contribution >= 0.6 is 11.8 Å². The van der Waals surface area contributed by atoms with E-state index < -0.39 is 0 Å². The van der Waals surface area contributed by atoms with Crippen LogP contribution in [0.3, 0.4) is 0 Å². The number of carbonyl (C=O) groups excluding carboxylic acids is 1. The molecule has 3 rings (SSSR count). The molecule has 0 bridgehead atoms. The number of rotatable bonds is 2. The molecule has 0 radical (unpaired) electrons. The van der Waals surface area contributed by atoms with E-state index in [1.165, 1.54) is 35.5 Å². The van der Waals surface area contributed by atoms with Crippen molar-refractivity contribution in [2.75, 3.05) is 5.75 Å². The average Bonchev–Trinajstić information content (AvgIpc) is 2.41. The Morgan fingerprint density at radius 1 is 1.17 bits per heavy atom. The SMILES string of the molecule is O=C1CCC(Cc2ccc3c(c2)CCCS3)CC1. The summed E-state index contributed by atoms with van der Waals surface area (Å²) in [5, 5.41) is 0. The van der Waals surface area contributed by atoms with E-state index in [9.17, 15) is 4.79 Å². The molecule has 0 unspecified atom stereocenters. The van der Waals surface area contributed by atoms with Crippen molar-refractivity contribution < 1.29 is 4.79 Å². The highest BCUT2D eigenvalue weighted by Gasteiger charge is 2.19. The molecule has 0 atom stereocenters. The van der Waals surface area contributed by atoms with Crippen LogP contribution in [-0.2, 0) is 17.6 Å². The lowest BCUT2D eigenvalue weighted by molar-refractivity contribution is -0.121. The summed E-state index contributed by atoms with van der Waals surface area (Å²) in [7, 11) is 0. The van der Waals surface area contributed by atoms with Gasteiger partial charge in [0.15, 0.2) is 0 Å². The van der Waals surface area contributed by atoms with Crippen molar-refractivity contribution in [2.24, 2.45) is 5.92 Å². The first kappa shape index (κ1) is 12.3. The van der Waals surface area contributed by atoms with E-state index in [0.717, 1.165) is 31.6 Å². The molecular formula is C16H20OS. The maximum atomic E-state index is 11.2. The maximum Gasteiger partial charge on any atom is 0.132 e. The number of ketones is 1. The minimum absolute atomic E-state index is 0.466. The van der Waals surface area contributed by atoms with Gasteiger partial charge >= 0.3 is 0 Å². The van der Waals surface area contributed by atoms with E-state index in [4.69, 9.17) is 0 Å². The highest BCUT2D eigenvalue weighted by Crippen LogP contribution is 2.32. The number of fused-ring (bicyclic) bond motifs is 1. The molecule has 1 fully saturated rings. The molecule has 1 aromatic rings. The summed E-state index contributed by atoms with van der Waals surface area (Å²) in [6, 6.07) is 7.02. The molecule has 0 spiro atoms. The summed E-state index contributed by atoms with van der Waals surface area (Å²) in [4.78, 5) is 12.7. The lowest BCUT2D eigenvalue weighted by Crippen LogP contribution is -2.15. The van der Waals surface area contributed by atoms with E-state index in [2.05, 4.69) is 18.2 Å². The van der Waals surface area contributed by atoms with Crippen molar-refractivity contribution in [2.45, 2.75) is 49.8 Å². The fourth-order valence-electron chi connectivity index (χ4n) is 3.08. The van der Waals surface area contributed by atoms with Gasteiger partial charge in [-0.25, -0.2) is 0 Å². The number of Topliss-reactive ketones (excluding diaryl/α,β-unsaturated/α-hetero) is 1. The van der Waals surface area contributed by atoms with Gasteiger partial charge in [0.2, 0.25) is 0 Å². The fraction of sp³-hybridized carbons (Fsp3) is 0.562. The van der Waals surface area contributed by atoms with Crippen LogP contribution in [0.25, 0.3) is 0 Å². The maximum absolute atomic E-state index is 11.2. The van der Waals surface area contributed by atoms with Crippen LogP contribution < -0.4 is 0 Å². The Labute approximate surface area is 113 Å². The minimum atomic E-state index is 0.466. The summed E-state index contributed by atoms with van der Waals surface area (Å²) >= 11 is 2.00. The lowest BCUT2D eigenvalue weighted by Gasteiger charge is -2.22. The monoisotopic (exact) mass is 260 g/mol. The standard InChI is InChI=1S/C16H20OS/c17-15-6-3-12(4-7-15)10-13-5-8-16-14(11-13)2-1-9-18-16/h5,8,11-12H,1-4,6-7,9-10H2. The largest absolute Gasteiger partial charge is 0.300 e. The zero-order valence-electron chi connectivity index (χ0n) is 10.8. The molecule has 0 saturated heterocycles. The second kappa shape index (κ2) is 5.48. The van der Waals surface area contributed by atoms with Crippen LogP contribution in [0.15, 0.2) is 23.1 Å². The summed E-state index contributed by atoms with van der Waals surface area (Å²) in [6.07, 6.45) is 7.57. The first-order chi connectivity index (χ1) is 8.81. The van der Waals surface area contributed by atoms with Crippen molar-refractivity contribution in [3.8, 4) is 0 Å². The molecule has 0 amide bonds. The molecule has 2 aliphatic rings. The van der Waals surface area contributed by atoms with Crippen LogP contribution in [0.5, 0.6) is 0 Å². The number of benzene rings is 1. The normalized spacial score (nSPS) is 20.8. The Morgan fingerprint density at radius 2 is 2.00 bits per heavy atom. The minimum Gasteiger partial charge on any atom is -0.300 e. The summed E-state index contributed by atoms with van der Waals surface area (Å²) in [5.74, 6) is 2.47. The van der Waals surface area contributed by atoms with Crippen LogP contribution in [0.1, 0.15) is 43.2 Å². The summed E-state index contributed by atoms with van der Waals surface area (Å²) in [6.45, 7) is 0. The van der Waals surface area contributed by atoms with Gasteiger partial charge in [0, 0.05) is 17.7 Å². The van der Waals surface area contributed by atoms with Crippen LogP contribution in [0.2, 0.25) is 0 Å². The third kappa shape index (κ3) is 2.80. The van der Waals surface area contributed by atoms with E-state index in [1.54, 1.807) is 5.56 Å². The zero-order chi connectivity index (χ0) is 12.4. The van der Waals surface area contributed by atoms with Gasteiger partial charge in [-0.15, -0.1) is 11.8 Å². The highest BCUT2D eigenvalue weighted by atomic mass is 32.2. The van der Waals surface area contributed by atoms with Gasteiger partial charge in [-0.2, -0.15) is 0 Å². The molecule has 96 valence electrons. The molecule has 1 aliphatic carbocycles. The first-order valence-electron chi connectivity index (χ1n) is 7.07. The van der Waals surface area contributed by atoms with Gasteiger partial charge < -0.3 is 0 Å². The van der Waals surface area contributed by atoms with E-state index in [-0.39, 0.29) is 0 Å². The number of carbonyl (C=O) groups is 1. The van der Waals surface area contributed by atoms with Crippen molar-refractivity contribution >= 4 is 17.5 Å². The van der Waals surface area contributed by atoms with Gasteiger partial charge in [-0.05, 0) is 61.0 Å². The number of hydrogen-bond acceptors (Lipinski definition) is 2. The molecular weight excluding hydrogens is 240 g/mol. The average molecular weight is 260 g/mol. The van der Waals surface area contributed by atoms with Crippen LogP contribution in [-0.4, -0.2) is 11.5 Å². The molecule has 1 nitrogen and oxygen atoms in total. The van der Waals surface area contributed by atoms with Crippen molar-refractivity contribution in [1.29, 1.82) is 0 Å². The lowest BCUT2D eigenvalue weighted by atomic mass is 9.84. The summed E-state index contributed by atoms with van der Waals surface area (Å²) < 4.78 is 0. The molecule has 18 heavy (non-hydrogen) atoms. The van der Waals surface area contributed by atoms with E-state index in [1.807, 2.05) is 11.8 Å². The van der Waals surface area contributed by atoms with Crippen molar-refractivity contribution in [1.82, 2.24) is 0 Å². The Kier molecular flexibility index (Phi) is 3.74. The van der Waals surface area contributed by atoms with E-state index in [0.29, 0.717) is 5.78 Å². The molecule has 0 aromatic heterocycles. The molecule has 2 heteroatoms. The predicted molar refractivity (Wildman–Crippen MR) is 76.2 cm³/mol. The van der Waals surface area contributed by atoms with Gasteiger partial charge in [0.25, 0.3) is 0 Å². The van der Waals surface area contributed by atoms with Gasteiger partial charge in [-0.1, -0.05) is 12.1 Å². The Morgan fingerprint density at radius 3 is 2.83 bits per heavy atom. The van der Waals surface area contributed by atoms with Crippen LogP contribution in [0.4, 0.5) is 0 Å². The zero-order valence-corrected chi connectivity index (χ0v) is 11.6. The predicted octanol–water partition coefficient (Wildman–Crippen LogP) is 4.03. The molecule has 1 aliphatic heterocycles. The second-order valence-electron chi connectivity index (χ2n) is 5.58.